The molecule has 3 nitrogen and oxygen atoms in total. The molecule has 3 heteroatoms. The number of aliphatic hydroxyl groups is 1. The maximum absolute atomic E-state index is 10.1. The molecule has 0 amide bonds. The number of rotatable bonds is 7. The molecule has 2 N–H and O–H groups in total. The van der Waals surface area contributed by atoms with Crippen molar-refractivity contribution in [1.82, 2.24) is 10.2 Å². The van der Waals surface area contributed by atoms with Crippen molar-refractivity contribution >= 4 is 0 Å². The molecule has 0 radical (unpaired) electrons. The van der Waals surface area contributed by atoms with Gasteiger partial charge in [0.15, 0.2) is 0 Å². The van der Waals surface area contributed by atoms with Gasteiger partial charge in [0.05, 0.1) is 6.10 Å². The molecule has 0 aromatic rings. The Morgan fingerprint density at radius 1 is 1.22 bits per heavy atom. The summed E-state index contributed by atoms with van der Waals surface area (Å²) in [7, 11) is 4.35. The minimum absolute atomic E-state index is 0.146. The van der Waals surface area contributed by atoms with E-state index >= 15 is 0 Å². The Hall–Kier alpha value is -0.120. The first-order valence-electron chi connectivity index (χ1n) is 7.69. The Kier molecular flexibility index (Phi) is 5.05. The third kappa shape index (κ3) is 3.46. The summed E-state index contributed by atoms with van der Waals surface area (Å²) in [6, 6.07) is 0. The first kappa shape index (κ1) is 14.3. The SMILES string of the molecule is CN(C)C1(CNCC(O)CC2CCCC2)CCC1. The van der Waals surface area contributed by atoms with Crippen molar-refractivity contribution in [3.05, 3.63) is 0 Å². The van der Waals surface area contributed by atoms with Crippen molar-refractivity contribution in [2.45, 2.75) is 63.0 Å². The van der Waals surface area contributed by atoms with Crippen molar-refractivity contribution in [2.75, 3.05) is 27.2 Å². The van der Waals surface area contributed by atoms with E-state index in [0.717, 1.165) is 25.4 Å². The quantitative estimate of drug-likeness (QED) is 0.729. The zero-order valence-corrected chi connectivity index (χ0v) is 12.1. The van der Waals surface area contributed by atoms with Gasteiger partial charge in [-0.2, -0.15) is 0 Å². The van der Waals surface area contributed by atoms with Crippen LogP contribution in [0.4, 0.5) is 0 Å². The molecule has 0 saturated heterocycles. The van der Waals surface area contributed by atoms with Gasteiger partial charge in [-0.1, -0.05) is 25.7 Å². The summed E-state index contributed by atoms with van der Waals surface area (Å²) in [6.07, 6.45) is 10.2. The largest absolute Gasteiger partial charge is 0.392 e. The molecule has 0 aromatic carbocycles. The highest BCUT2D eigenvalue weighted by Gasteiger charge is 2.38. The second kappa shape index (κ2) is 6.36. The zero-order valence-electron chi connectivity index (χ0n) is 12.1. The van der Waals surface area contributed by atoms with Gasteiger partial charge in [0.2, 0.25) is 0 Å². The van der Waals surface area contributed by atoms with Crippen LogP contribution in [0.25, 0.3) is 0 Å². The van der Waals surface area contributed by atoms with Gasteiger partial charge in [0.25, 0.3) is 0 Å². The van der Waals surface area contributed by atoms with Crippen LogP contribution in [0, 0.1) is 5.92 Å². The van der Waals surface area contributed by atoms with Gasteiger partial charge in [-0.15, -0.1) is 0 Å². The van der Waals surface area contributed by atoms with E-state index in [0.29, 0.717) is 5.54 Å². The molecule has 0 spiro atoms. The van der Waals surface area contributed by atoms with Gasteiger partial charge >= 0.3 is 0 Å². The lowest BCUT2D eigenvalue weighted by atomic mass is 9.75. The van der Waals surface area contributed by atoms with E-state index in [1.165, 1.54) is 44.9 Å². The van der Waals surface area contributed by atoms with Crippen LogP contribution in [0.1, 0.15) is 51.4 Å². The smallest absolute Gasteiger partial charge is 0.0667 e. The maximum atomic E-state index is 10.1. The summed E-state index contributed by atoms with van der Waals surface area (Å²) < 4.78 is 0. The van der Waals surface area contributed by atoms with Crippen molar-refractivity contribution in [1.29, 1.82) is 0 Å². The van der Waals surface area contributed by atoms with E-state index in [2.05, 4.69) is 24.3 Å². The molecule has 18 heavy (non-hydrogen) atoms. The minimum atomic E-state index is -0.146. The Labute approximate surface area is 112 Å². The number of aliphatic hydroxyl groups excluding tert-OH is 1. The van der Waals surface area contributed by atoms with E-state index < -0.39 is 0 Å². The first-order valence-corrected chi connectivity index (χ1v) is 7.69. The molecule has 106 valence electrons. The van der Waals surface area contributed by atoms with Crippen LogP contribution < -0.4 is 5.32 Å². The van der Waals surface area contributed by atoms with Crippen LogP contribution in [0.3, 0.4) is 0 Å². The van der Waals surface area contributed by atoms with Crippen LogP contribution in [-0.2, 0) is 0 Å². The Balaban J connectivity index is 1.62. The predicted molar refractivity (Wildman–Crippen MR) is 75.7 cm³/mol. The average molecular weight is 254 g/mol. The fraction of sp³-hybridized carbons (Fsp3) is 1.00. The minimum Gasteiger partial charge on any atom is -0.392 e. The average Bonchev–Trinajstić information content (AvgIpc) is 2.73. The number of likely N-dealkylation sites (N-methyl/N-ethyl adjacent to an activating group) is 1. The third-order valence-corrected chi connectivity index (χ3v) is 5.15. The highest BCUT2D eigenvalue weighted by atomic mass is 16.3. The highest BCUT2D eigenvalue weighted by molar-refractivity contribution is 4.97. The molecule has 0 aromatic heterocycles. The first-order chi connectivity index (χ1) is 8.62. The van der Waals surface area contributed by atoms with Crippen LogP contribution >= 0.6 is 0 Å². The number of nitrogens with one attached hydrogen (secondary N) is 1. The van der Waals surface area contributed by atoms with E-state index in [1.807, 2.05) is 0 Å². The summed E-state index contributed by atoms with van der Waals surface area (Å²) in [4.78, 5) is 2.35. The molecular formula is C15H30N2O. The molecule has 1 atom stereocenters. The summed E-state index contributed by atoms with van der Waals surface area (Å²) in [5.41, 5.74) is 0.368. The Bertz CT molecular complexity index is 245. The summed E-state index contributed by atoms with van der Waals surface area (Å²) in [5, 5.41) is 13.6. The van der Waals surface area contributed by atoms with Crippen molar-refractivity contribution in [3.63, 3.8) is 0 Å². The van der Waals surface area contributed by atoms with E-state index in [4.69, 9.17) is 0 Å². The second-order valence-electron chi connectivity index (χ2n) is 6.64. The monoisotopic (exact) mass is 254 g/mol. The van der Waals surface area contributed by atoms with Gasteiger partial charge in [0, 0.05) is 18.6 Å². The second-order valence-corrected chi connectivity index (χ2v) is 6.64. The van der Waals surface area contributed by atoms with E-state index in [-0.39, 0.29) is 6.10 Å². The van der Waals surface area contributed by atoms with Crippen molar-refractivity contribution < 1.29 is 5.11 Å². The topological polar surface area (TPSA) is 35.5 Å². The van der Waals surface area contributed by atoms with Crippen LogP contribution in [-0.4, -0.2) is 48.8 Å². The van der Waals surface area contributed by atoms with E-state index in [1.54, 1.807) is 0 Å². The van der Waals surface area contributed by atoms with Crippen LogP contribution in [0.15, 0.2) is 0 Å². The molecular weight excluding hydrogens is 224 g/mol. The maximum Gasteiger partial charge on any atom is 0.0667 e. The fourth-order valence-electron chi connectivity index (χ4n) is 3.55. The van der Waals surface area contributed by atoms with Gasteiger partial charge in [0.1, 0.15) is 0 Å². The molecule has 2 aliphatic rings. The highest BCUT2D eigenvalue weighted by Crippen LogP contribution is 2.35. The summed E-state index contributed by atoms with van der Waals surface area (Å²) in [6.45, 7) is 1.80. The van der Waals surface area contributed by atoms with Gasteiger partial charge < -0.3 is 15.3 Å². The Morgan fingerprint density at radius 3 is 2.39 bits per heavy atom. The molecule has 2 rings (SSSR count). The standard InChI is InChI=1S/C15H30N2O/c1-17(2)15(8-5-9-15)12-16-11-14(18)10-13-6-3-4-7-13/h13-14,16,18H,3-12H2,1-2H3. The number of hydrogen-bond donors (Lipinski definition) is 2. The van der Waals surface area contributed by atoms with Crippen LogP contribution in [0.5, 0.6) is 0 Å². The normalized spacial score (nSPS) is 25.3. The zero-order chi connectivity index (χ0) is 13.0. The molecule has 0 bridgehead atoms. The predicted octanol–water partition coefficient (Wildman–Crippen LogP) is 2.00. The van der Waals surface area contributed by atoms with Gasteiger partial charge in [-0.05, 0) is 45.7 Å². The molecule has 1 unspecified atom stereocenters. The summed E-state index contributed by atoms with van der Waals surface area (Å²) >= 11 is 0. The fourth-order valence-corrected chi connectivity index (χ4v) is 3.55. The molecule has 2 saturated carbocycles. The molecule has 0 heterocycles. The number of hydrogen-bond acceptors (Lipinski definition) is 3. The lowest BCUT2D eigenvalue weighted by Crippen LogP contribution is -2.57. The summed E-state index contributed by atoms with van der Waals surface area (Å²) in [5.74, 6) is 0.785. The van der Waals surface area contributed by atoms with Gasteiger partial charge in [-0.3, -0.25) is 0 Å². The van der Waals surface area contributed by atoms with Crippen molar-refractivity contribution in [3.8, 4) is 0 Å². The molecule has 0 aliphatic heterocycles. The Morgan fingerprint density at radius 2 is 1.89 bits per heavy atom. The third-order valence-electron chi connectivity index (χ3n) is 5.15. The molecule has 2 fully saturated rings. The van der Waals surface area contributed by atoms with Gasteiger partial charge in [-0.25, -0.2) is 0 Å². The lowest BCUT2D eigenvalue weighted by molar-refractivity contribution is 0.0540. The van der Waals surface area contributed by atoms with Crippen LogP contribution in [0.2, 0.25) is 0 Å². The number of nitrogens with zero attached hydrogens (tertiary/aromatic N) is 1. The lowest BCUT2D eigenvalue weighted by Gasteiger charge is -2.47. The van der Waals surface area contributed by atoms with Crippen molar-refractivity contribution in [2.24, 2.45) is 5.92 Å². The molecule has 2 aliphatic carbocycles. The van der Waals surface area contributed by atoms with E-state index in [9.17, 15) is 5.11 Å².